The summed E-state index contributed by atoms with van der Waals surface area (Å²) in [5.41, 5.74) is 1.15. The molecule has 0 aliphatic heterocycles. The van der Waals surface area contributed by atoms with Crippen molar-refractivity contribution in [3.8, 4) is 17.5 Å². The lowest BCUT2D eigenvalue weighted by Gasteiger charge is -2.31. The van der Waals surface area contributed by atoms with Crippen molar-refractivity contribution in [1.29, 1.82) is 5.26 Å². The van der Waals surface area contributed by atoms with Crippen LogP contribution in [0.2, 0.25) is 5.02 Å². The minimum absolute atomic E-state index is 0.160. The van der Waals surface area contributed by atoms with Gasteiger partial charge in [-0.3, -0.25) is 9.36 Å². The molecular formula is C24H24ClN5OS. The maximum Gasteiger partial charge on any atom is 0.231 e. The lowest BCUT2D eigenvalue weighted by molar-refractivity contribution is -0.120. The number of benzene rings is 2. The van der Waals surface area contributed by atoms with Crippen LogP contribution < -0.4 is 5.32 Å². The maximum atomic E-state index is 12.7. The van der Waals surface area contributed by atoms with Crippen molar-refractivity contribution in [1.82, 2.24) is 20.1 Å². The molecule has 1 N–H and O–H groups in total. The highest BCUT2D eigenvalue weighted by molar-refractivity contribution is 7.99. The molecule has 6 nitrogen and oxygen atoms in total. The first-order valence-corrected chi connectivity index (χ1v) is 12.0. The van der Waals surface area contributed by atoms with Crippen LogP contribution >= 0.6 is 23.4 Å². The molecule has 1 heterocycles. The van der Waals surface area contributed by atoms with E-state index in [0.29, 0.717) is 35.4 Å². The lowest BCUT2D eigenvalue weighted by Crippen LogP contribution is -2.49. The van der Waals surface area contributed by atoms with Crippen molar-refractivity contribution in [2.24, 2.45) is 0 Å². The third-order valence-corrected chi connectivity index (χ3v) is 6.94. The van der Waals surface area contributed by atoms with Gasteiger partial charge in [-0.05, 0) is 30.5 Å². The minimum Gasteiger partial charge on any atom is -0.337 e. The van der Waals surface area contributed by atoms with Crippen LogP contribution in [0.25, 0.3) is 11.4 Å². The molecule has 1 fully saturated rings. The van der Waals surface area contributed by atoms with Gasteiger partial charge in [0.15, 0.2) is 11.0 Å². The first kappa shape index (κ1) is 22.4. The largest absolute Gasteiger partial charge is 0.337 e. The molecule has 0 atom stereocenters. The average molecular weight is 466 g/mol. The Bertz CT molecular complexity index is 1120. The Hall–Kier alpha value is -2.82. The molecule has 4 rings (SSSR count). The number of nitrogens with zero attached hydrogens (tertiary/aromatic N) is 4. The second-order valence-corrected chi connectivity index (χ2v) is 9.30. The number of carbonyl (C=O) groups is 1. The molecule has 2 aromatic carbocycles. The number of thioether (sulfide) groups is 1. The summed E-state index contributed by atoms with van der Waals surface area (Å²) in [6, 6.07) is 19.9. The molecule has 0 spiro atoms. The minimum atomic E-state index is -0.740. The molecule has 0 radical (unpaired) electrons. The Morgan fingerprint density at radius 1 is 1.09 bits per heavy atom. The van der Waals surface area contributed by atoms with Gasteiger partial charge in [-0.15, -0.1) is 10.2 Å². The number of nitriles is 1. The SMILES string of the molecule is N#CC1(NC(=O)CSc2nnc(-c3ccccc3Cl)n2Cc2ccccc2)CCCCC1. The van der Waals surface area contributed by atoms with E-state index in [0.717, 1.165) is 30.4 Å². The van der Waals surface area contributed by atoms with Crippen molar-refractivity contribution < 1.29 is 4.79 Å². The second kappa shape index (κ2) is 10.2. The van der Waals surface area contributed by atoms with E-state index < -0.39 is 5.54 Å². The first-order valence-electron chi connectivity index (χ1n) is 10.7. The zero-order chi connectivity index (χ0) is 22.4. The van der Waals surface area contributed by atoms with Crippen molar-refractivity contribution >= 4 is 29.3 Å². The van der Waals surface area contributed by atoms with Crippen molar-refractivity contribution in [2.45, 2.75) is 49.3 Å². The number of amides is 1. The van der Waals surface area contributed by atoms with Crippen LogP contribution in [0.15, 0.2) is 59.8 Å². The zero-order valence-corrected chi connectivity index (χ0v) is 19.2. The predicted octanol–water partition coefficient (Wildman–Crippen LogP) is 5.08. The van der Waals surface area contributed by atoms with Crippen LogP contribution in [0.1, 0.15) is 37.7 Å². The van der Waals surface area contributed by atoms with Gasteiger partial charge in [0, 0.05) is 5.56 Å². The molecule has 0 unspecified atom stereocenters. The molecule has 8 heteroatoms. The van der Waals surface area contributed by atoms with Gasteiger partial charge in [-0.2, -0.15) is 5.26 Å². The summed E-state index contributed by atoms with van der Waals surface area (Å²) < 4.78 is 1.98. The monoisotopic (exact) mass is 465 g/mol. The van der Waals surface area contributed by atoms with Crippen LogP contribution in [0.3, 0.4) is 0 Å². The molecule has 1 aliphatic rings. The van der Waals surface area contributed by atoms with E-state index in [9.17, 15) is 10.1 Å². The number of nitrogens with one attached hydrogen (secondary N) is 1. The fraction of sp³-hybridized carbons (Fsp3) is 0.333. The van der Waals surface area contributed by atoms with Gasteiger partial charge in [0.1, 0.15) is 5.54 Å². The first-order chi connectivity index (χ1) is 15.6. The summed E-state index contributed by atoms with van der Waals surface area (Å²) in [5, 5.41) is 22.6. The highest BCUT2D eigenvalue weighted by atomic mass is 35.5. The predicted molar refractivity (Wildman–Crippen MR) is 126 cm³/mol. The van der Waals surface area contributed by atoms with Crippen LogP contribution in [0.4, 0.5) is 0 Å². The van der Waals surface area contributed by atoms with Crippen LogP contribution in [0, 0.1) is 11.3 Å². The fourth-order valence-corrected chi connectivity index (χ4v) is 4.96. The number of halogens is 1. The Balaban J connectivity index is 1.55. The van der Waals surface area contributed by atoms with Gasteiger partial charge < -0.3 is 5.32 Å². The summed E-state index contributed by atoms with van der Waals surface area (Å²) in [4.78, 5) is 12.7. The fourth-order valence-electron chi connectivity index (χ4n) is 4.00. The van der Waals surface area contributed by atoms with E-state index in [4.69, 9.17) is 11.6 Å². The third kappa shape index (κ3) is 5.14. The number of rotatable bonds is 7. The molecule has 164 valence electrons. The molecule has 32 heavy (non-hydrogen) atoms. The summed E-state index contributed by atoms with van der Waals surface area (Å²) in [6.07, 6.45) is 4.46. The van der Waals surface area contributed by atoms with Gasteiger partial charge in [0.2, 0.25) is 5.91 Å². The normalized spacial score (nSPS) is 15.1. The van der Waals surface area contributed by atoms with E-state index >= 15 is 0 Å². The number of carbonyl (C=O) groups excluding carboxylic acids is 1. The van der Waals surface area contributed by atoms with Gasteiger partial charge in [-0.25, -0.2) is 0 Å². The van der Waals surface area contributed by atoms with E-state index in [1.165, 1.54) is 11.8 Å². The summed E-state index contributed by atoms with van der Waals surface area (Å²) >= 11 is 7.75. The average Bonchev–Trinajstić information content (AvgIpc) is 3.21. The van der Waals surface area contributed by atoms with Gasteiger partial charge in [-0.1, -0.05) is 85.1 Å². The van der Waals surface area contributed by atoms with Crippen molar-refractivity contribution in [3.63, 3.8) is 0 Å². The maximum absolute atomic E-state index is 12.7. The number of hydrogen-bond donors (Lipinski definition) is 1. The third-order valence-electron chi connectivity index (χ3n) is 5.65. The topological polar surface area (TPSA) is 83.6 Å². The Labute approximate surface area is 197 Å². The van der Waals surface area contributed by atoms with Crippen LogP contribution in [-0.2, 0) is 11.3 Å². The molecule has 0 saturated heterocycles. The molecule has 1 amide bonds. The van der Waals surface area contributed by atoms with Gasteiger partial charge in [0.05, 0.1) is 23.4 Å². The molecule has 1 aliphatic carbocycles. The zero-order valence-electron chi connectivity index (χ0n) is 17.6. The highest BCUT2D eigenvalue weighted by Crippen LogP contribution is 2.31. The number of aromatic nitrogens is 3. The van der Waals surface area contributed by atoms with Crippen molar-refractivity contribution in [2.75, 3.05) is 5.75 Å². The van der Waals surface area contributed by atoms with Crippen LogP contribution in [-0.4, -0.2) is 32.0 Å². The van der Waals surface area contributed by atoms with E-state index in [-0.39, 0.29) is 11.7 Å². The van der Waals surface area contributed by atoms with E-state index in [1.807, 2.05) is 59.2 Å². The molecule has 0 bridgehead atoms. The number of hydrogen-bond acceptors (Lipinski definition) is 5. The summed E-state index contributed by atoms with van der Waals surface area (Å²) in [5.74, 6) is 0.661. The lowest BCUT2D eigenvalue weighted by atomic mass is 9.83. The second-order valence-electron chi connectivity index (χ2n) is 7.95. The Kier molecular flexibility index (Phi) is 7.13. The van der Waals surface area contributed by atoms with Gasteiger partial charge in [0.25, 0.3) is 0 Å². The Morgan fingerprint density at radius 3 is 2.53 bits per heavy atom. The van der Waals surface area contributed by atoms with E-state index in [2.05, 4.69) is 21.6 Å². The quantitative estimate of drug-likeness (QED) is 0.492. The summed E-state index contributed by atoms with van der Waals surface area (Å²) in [6.45, 7) is 0.556. The molecule has 1 aromatic heterocycles. The smallest absolute Gasteiger partial charge is 0.231 e. The molecular weight excluding hydrogens is 442 g/mol. The standard InChI is InChI=1S/C24H24ClN5OS/c25-20-12-6-5-11-19(20)22-28-29-23(30(22)15-18-9-3-1-4-10-18)32-16-21(31)27-24(17-26)13-7-2-8-14-24/h1,3-6,9-12H,2,7-8,13-16H2,(H,27,31). The molecule has 3 aromatic rings. The summed E-state index contributed by atoms with van der Waals surface area (Å²) in [7, 11) is 0. The van der Waals surface area contributed by atoms with E-state index in [1.54, 1.807) is 0 Å². The van der Waals surface area contributed by atoms with Crippen molar-refractivity contribution in [3.05, 3.63) is 65.2 Å². The highest BCUT2D eigenvalue weighted by Gasteiger charge is 2.33. The Morgan fingerprint density at radius 2 is 1.81 bits per heavy atom. The van der Waals surface area contributed by atoms with Gasteiger partial charge >= 0.3 is 0 Å². The molecule has 1 saturated carbocycles. The van der Waals surface area contributed by atoms with Crippen LogP contribution in [0.5, 0.6) is 0 Å².